The van der Waals surface area contributed by atoms with Gasteiger partial charge in [-0.3, -0.25) is 0 Å². The van der Waals surface area contributed by atoms with Gasteiger partial charge in [0.1, 0.15) is 0 Å². The highest BCUT2D eigenvalue weighted by Gasteiger charge is 2.68. The zero-order chi connectivity index (χ0) is 14.0. The number of hydrogen-bond donors (Lipinski definition) is 1. The summed E-state index contributed by atoms with van der Waals surface area (Å²) in [5, 5.41) is 0. The van der Waals surface area contributed by atoms with Crippen molar-refractivity contribution in [1.29, 1.82) is 0 Å². The molecule has 3 saturated carbocycles. The molecule has 4 rings (SSSR count). The molecular weight excluding hydrogens is 237 g/mol. The molecule has 4 heteroatoms. The van der Waals surface area contributed by atoms with E-state index in [1.165, 1.54) is 6.42 Å². The molecule has 0 spiro atoms. The zero-order valence-electron chi connectivity index (χ0n) is 13.0. The first kappa shape index (κ1) is 13.9. The van der Waals surface area contributed by atoms with E-state index in [2.05, 4.69) is 34.6 Å². The van der Waals surface area contributed by atoms with Gasteiger partial charge in [-0.2, -0.15) is 0 Å². The van der Waals surface area contributed by atoms with Crippen molar-refractivity contribution in [3.8, 4) is 0 Å². The third kappa shape index (κ3) is 1.90. The van der Waals surface area contributed by atoms with Gasteiger partial charge in [0.15, 0.2) is 0 Å². The minimum atomic E-state index is -0.201. The van der Waals surface area contributed by atoms with E-state index >= 15 is 0 Å². The maximum atomic E-state index is 6.35. The molecule has 0 aromatic carbocycles. The molecule has 1 unspecified atom stereocenters. The molecule has 4 aliphatic rings. The van der Waals surface area contributed by atoms with Crippen LogP contribution in [0.25, 0.3) is 0 Å². The molecule has 0 aromatic rings. The van der Waals surface area contributed by atoms with Gasteiger partial charge in [-0.15, -0.1) is 0 Å². The molecule has 19 heavy (non-hydrogen) atoms. The van der Waals surface area contributed by atoms with Crippen LogP contribution in [0.1, 0.15) is 53.9 Å². The predicted octanol–water partition coefficient (Wildman–Crippen LogP) is 2.63. The topological polar surface area (TPSA) is 44.5 Å². The van der Waals surface area contributed by atoms with Gasteiger partial charge in [0.2, 0.25) is 0 Å². The van der Waals surface area contributed by atoms with Gasteiger partial charge in [-0.05, 0) is 49.4 Å². The first-order valence-corrected chi connectivity index (χ1v) is 7.84. The van der Waals surface area contributed by atoms with Crippen molar-refractivity contribution in [2.24, 2.45) is 28.9 Å². The lowest BCUT2D eigenvalue weighted by Gasteiger charge is -2.64. The summed E-state index contributed by atoms with van der Waals surface area (Å²) in [5.74, 6) is 2.02. The molecule has 3 nitrogen and oxygen atoms in total. The van der Waals surface area contributed by atoms with E-state index < -0.39 is 0 Å². The molecule has 1 heterocycles. The van der Waals surface area contributed by atoms with Crippen LogP contribution in [0.4, 0.5) is 0 Å². The molecule has 0 aromatic heterocycles. The van der Waals surface area contributed by atoms with Crippen LogP contribution in [0.15, 0.2) is 0 Å². The SMILES string of the molecule is CC(C)C[C@@H](N)B1O[C@@H]2C[C@@H]3C[C@@H](C3(C)C)C2(C)O1. The first-order valence-electron chi connectivity index (χ1n) is 7.84. The van der Waals surface area contributed by atoms with Crippen LogP contribution in [-0.4, -0.2) is 24.8 Å². The lowest BCUT2D eigenvalue weighted by atomic mass is 9.43. The zero-order valence-corrected chi connectivity index (χ0v) is 13.0. The van der Waals surface area contributed by atoms with E-state index in [4.69, 9.17) is 15.0 Å². The van der Waals surface area contributed by atoms with Crippen molar-refractivity contribution < 1.29 is 9.31 Å². The van der Waals surface area contributed by atoms with Crippen molar-refractivity contribution >= 4 is 7.12 Å². The van der Waals surface area contributed by atoms with Gasteiger partial charge < -0.3 is 15.0 Å². The standard InChI is InChI=1S/C15H28BNO2/c1-9(2)6-13(17)16-18-12-8-10-7-11(14(10,3)4)15(12,5)19-16/h9-13H,6-8,17H2,1-5H3/t10-,11-,12+,13+,15?/m0/s1. The molecule has 108 valence electrons. The van der Waals surface area contributed by atoms with Crippen LogP contribution in [0, 0.1) is 23.2 Å². The Morgan fingerprint density at radius 1 is 1.26 bits per heavy atom. The Labute approximate surface area is 117 Å². The summed E-state index contributed by atoms with van der Waals surface area (Å²) < 4.78 is 12.5. The summed E-state index contributed by atoms with van der Waals surface area (Å²) in [4.78, 5) is 0. The number of rotatable bonds is 3. The Balaban J connectivity index is 1.74. The predicted molar refractivity (Wildman–Crippen MR) is 77.5 cm³/mol. The Morgan fingerprint density at radius 3 is 2.53 bits per heavy atom. The quantitative estimate of drug-likeness (QED) is 0.798. The largest absolute Gasteiger partial charge is 0.475 e. The van der Waals surface area contributed by atoms with E-state index in [9.17, 15) is 0 Å². The highest BCUT2D eigenvalue weighted by Crippen LogP contribution is 2.65. The van der Waals surface area contributed by atoms with E-state index in [1.54, 1.807) is 0 Å². The summed E-state index contributed by atoms with van der Waals surface area (Å²) >= 11 is 0. The smallest absolute Gasteiger partial charge is 0.404 e. The van der Waals surface area contributed by atoms with E-state index in [1.807, 2.05) is 0 Å². The van der Waals surface area contributed by atoms with Gasteiger partial charge >= 0.3 is 7.12 Å². The third-order valence-electron chi connectivity index (χ3n) is 6.06. The summed E-state index contributed by atoms with van der Waals surface area (Å²) in [5.41, 5.74) is 6.56. The molecule has 2 bridgehead atoms. The van der Waals surface area contributed by atoms with Crippen LogP contribution < -0.4 is 5.73 Å². The van der Waals surface area contributed by atoms with Gasteiger partial charge in [0.05, 0.1) is 11.7 Å². The van der Waals surface area contributed by atoms with E-state index in [-0.39, 0.29) is 24.8 Å². The van der Waals surface area contributed by atoms with Crippen LogP contribution in [-0.2, 0) is 9.31 Å². The molecule has 1 aliphatic heterocycles. The highest BCUT2D eigenvalue weighted by atomic mass is 16.7. The molecule has 0 amide bonds. The van der Waals surface area contributed by atoms with Crippen LogP contribution in [0.3, 0.4) is 0 Å². The average molecular weight is 265 g/mol. The maximum Gasteiger partial charge on any atom is 0.475 e. The van der Waals surface area contributed by atoms with Gasteiger partial charge in [0, 0.05) is 5.94 Å². The summed E-state index contributed by atoms with van der Waals surface area (Å²) in [6.45, 7) is 11.4. The van der Waals surface area contributed by atoms with Gasteiger partial charge in [-0.25, -0.2) is 0 Å². The van der Waals surface area contributed by atoms with Crippen LogP contribution >= 0.6 is 0 Å². The van der Waals surface area contributed by atoms with Crippen LogP contribution in [0.2, 0.25) is 0 Å². The lowest BCUT2D eigenvalue weighted by molar-refractivity contribution is -0.199. The molecule has 4 fully saturated rings. The van der Waals surface area contributed by atoms with Gasteiger partial charge in [-0.1, -0.05) is 27.7 Å². The Hall–Kier alpha value is -0.0551. The Bertz CT molecular complexity index is 373. The highest BCUT2D eigenvalue weighted by molar-refractivity contribution is 6.47. The fourth-order valence-electron chi connectivity index (χ4n) is 4.74. The molecular formula is C15H28BNO2. The fraction of sp³-hybridized carbons (Fsp3) is 1.00. The minimum absolute atomic E-state index is 0.00253. The lowest BCUT2D eigenvalue weighted by Crippen LogP contribution is -2.65. The van der Waals surface area contributed by atoms with E-state index in [0.29, 0.717) is 17.3 Å². The summed E-state index contributed by atoms with van der Waals surface area (Å²) in [7, 11) is -0.201. The number of nitrogens with two attached hydrogens (primary N) is 1. The Kier molecular flexibility index (Phi) is 3.09. The molecule has 5 atom stereocenters. The van der Waals surface area contributed by atoms with Crippen molar-refractivity contribution in [2.45, 2.75) is 71.5 Å². The molecule has 0 radical (unpaired) electrons. The average Bonchev–Trinajstić information content (AvgIpc) is 2.64. The second-order valence-electron chi connectivity index (χ2n) is 8.13. The Morgan fingerprint density at radius 2 is 1.95 bits per heavy atom. The van der Waals surface area contributed by atoms with Crippen molar-refractivity contribution in [3.63, 3.8) is 0 Å². The van der Waals surface area contributed by atoms with Crippen LogP contribution in [0.5, 0.6) is 0 Å². The third-order valence-corrected chi connectivity index (χ3v) is 6.06. The fourth-order valence-corrected chi connectivity index (χ4v) is 4.74. The minimum Gasteiger partial charge on any atom is -0.404 e. The van der Waals surface area contributed by atoms with Crippen molar-refractivity contribution in [3.05, 3.63) is 0 Å². The van der Waals surface area contributed by atoms with Crippen molar-refractivity contribution in [1.82, 2.24) is 0 Å². The van der Waals surface area contributed by atoms with E-state index in [0.717, 1.165) is 18.8 Å². The maximum absolute atomic E-state index is 6.35. The molecule has 1 saturated heterocycles. The normalized spacial score (nSPS) is 45.0. The second kappa shape index (κ2) is 4.22. The monoisotopic (exact) mass is 265 g/mol. The van der Waals surface area contributed by atoms with Gasteiger partial charge in [0.25, 0.3) is 0 Å². The molecule has 3 aliphatic carbocycles. The van der Waals surface area contributed by atoms with Crippen molar-refractivity contribution in [2.75, 3.05) is 0 Å². The first-order chi connectivity index (χ1) is 8.75. The second-order valence-corrected chi connectivity index (χ2v) is 8.13. The summed E-state index contributed by atoms with van der Waals surface area (Å²) in [6, 6.07) is 0. The molecule has 2 N–H and O–H groups in total. The number of hydrogen-bond acceptors (Lipinski definition) is 3. The summed E-state index contributed by atoms with van der Waals surface area (Å²) in [6.07, 6.45) is 3.67.